The lowest BCUT2D eigenvalue weighted by atomic mass is 10.2. The van der Waals surface area contributed by atoms with Gasteiger partial charge in [0.25, 0.3) is 0 Å². The minimum atomic E-state index is 1.00. The van der Waals surface area contributed by atoms with Crippen molar-refractivity contribution in [1.29, 1.82) is 0 Å². The Balaban J connectivity index is 1.89. The van der Waals surface area contributed by atoms with E-state index in [2.05, 4.69) is 93.8 Å². The van der Waals surface area contributed by atoms with E-state index in [-0.39, 0.29) is 0 Å². The Morgan fingerprint density at radius 2 is 1.04 bits per heavy atom. The summed E-state index contributed by atoms with van der Waals surface area (Å²) in [5.74, 6) is 0. The first-order chi connectivity index (χ1) is 13.7. The van der Waals surface area contributed by atoms with Crippen molar-refractivity contribution in [3.05, 3.63) is 118 Å². The highest BCUT2D eigenvalue weighted by atomic mass is 14.8. The molecule has 0 fully saturated rings. The van der Waals surface area contributed by atoms with Crippen molar-refractivity contribution in [3.63, 3.8) is 0 Å². The summed E-state index contributed by atoms with van der Waals surface area (Å²) in [5, 5.41) is 4.09. The number of aromatic amines is 4. The molecule has 4 aromatic heterocycles. The molecular formula is C24H20N4. The molecular weight excluding hydrogens is 344 g/mol. The van der Waals surface area contributed by atoms with Gasteiger partial charge in [-0.05, 0) is 60.7 Å². The summed E-state index contributed by atoms with van der Waals surface area (Å²) < 4.78 is 0. The van der Waals surface area contributed by atoms with Crippen LogP contribution < -0.4 is 21.4 Å². The quantitative estimate of drug-likeness (QED) is 0.419. The van der Waals surface area contributed by atoms with Crippen LogP contribution in [0.2, 0.25) is 0 Å². The van der Waals surface area contributed by atoms with Gasteiger partial charge in [-0.25, -0.2) is 0 Å². The predicted molar refractivity (Wildman–Crippen MR) is 114 cm³/mol. The number of allylic oxidation sites excluding steroid dienone is 2. The van der Waals surface area contributed by atoms with E-state index < -0.39 is 0 Å². The fourth-order valence-electron chi connectivity index (χ4n) is 3.68. The summed E-state index contributed by atoms with van der Waals surface area (Å²) in [5.41, 5.74) is 6.14. The number of nitrogens with one attached hydrogen (secondary N) is 4. The lowest BCUT2D eigenvalue weighted by Crippen LogP contribution is -2.15. The van der Waals surface area contributed by atoms with Crippen LogP contribution in [0.15, 0.2) is 73.8 Å². The molecule has 28 heavy (non-hydrogen) atoms. The third-order valence-corrected chi connectivity index (χ3v) is 5.03. The molecule has 5 rings (SSSR count). The molecule has 0 saturated carbocycles. The summed E-state index contributed by atoms with van der Waals surface area (Å²) in [6.07, 6.45) is 7.93. The SMILES string of the molecule is C=CC1=c2ccc([nH]2)=C(C=C)c2ccc([nH]2)C=c2ccc([nH]2)=Cc2ccc1[nH]2. The van der Waals surface area contributed by atoms with Gasteiger partial charge in [0.15, 0.2) is 0 Å². The molecule has 0 atom stereocenters. The van der Waals surface area contributed by atoms with Gasteiger partial charge in [0, 0.05) is 55.3 Å². The molecule has 5 heterocycles. The Morgan fingerprint density at radius 1 is 0.536 bits per heavy atom. The van der Waals surface area contributed by atoms with Gasteiger partial charge in [-0.2, -0.15) is 0 Å². The minimum absolute atomic E-state index is 1.00. The first kappa shape index (κ1) is 16.3. The Morgan fingerprint density at radius 3 is 1.50 bits per heavy atom. The Labute approximate surface area is 161 Å². The lowest BCUT2D eigenvalue weighted by Gasteiger charge is -1.99. The zero-order valence-electron chi connectivity index (χ0n) is 15.3. The van der Waals surface area contributed by atoms with E-state index in [4.69, 9.17) is 0 Å². The highest BCUT2D eigenvalue weighted by Gasteiger charge is 2.06. The average Bonchev–Trinajstić information content (AvgIpc) is 3.46. The standard InChI is InChI=1S/C24H20N4/c1-3-19-21-9-7-17(26-21)13-15-5-6-16(25-15)14-18-8-10-22(27-18)20(4-2)24-12-11-23(19)28-24/h3-14,25-28H,1-2H2. The van der Waals surface area contributed by atoms with Gasteiger partial charge in [0.1, 0.15) is 0 Å². The summed E-state index contributed by atoms with van der Waals surface area (Å²) in [4.78, 5) is 13.9. The number of hydrogen-bond donors (Lipinski definition) is 4. The molecule has 0 aromatic carbocycles. The van der Waals surface area contributed by atoms with Gasteiger partial charge in [0.05, 0.1) is 0 Å². The number of H-pyrrole nitrogens is 4. The van der Waals surface area contributed by atoms with Gasteiger partial charge in [-0.3, -0.25) is 0 Å². The van der Waals surface area contributed by atoms with Crippen LogP contribution >= 0.6 is 0 Å². The van der Waals surface area contributed by atoms with Crippen molar-refractivity contribution >= 4 is 23.3 Å². The Kier molecular flexibility index (Phi) is 3.69. The molecule has 136 valence electrons. The van der Waals surface area contributed by atoms with E-state index in [9.17, 15) is 0 Å². The van der Waals surface area contributed by atoms with E-state index in [1.54, 1.807) is 0 Å². The number of hydrogen-bond acceptors (Lipinski definition) is 0. The highest BCUT2D eigenvalue weighted by Crippen LogP contribution is 2.14. The molecule has 0 unspecified atom stereocenters. The van der Waals surface area contributed by atoms with Gasteiger partial charge in [0.2, 0.25) is 0 Å². The van der Waals surface area contributed by atoms with Crippen molar-refractivity contribution < 1.29 is 0 Å². The van der Waals surface area contributed by atoms with Crippen LogP contribution in [-0.4, -0.2) is 19.9 Å². The number of aromatic nitrogens is 4. The Hall–Kier alpha value is -3.92. The zero-order chi connectivity index (χ0) is 19.1. The van der Waals surface area contributed by atoms with Crippen molar-refractivity contribution in [1.82, 2.24) is 19.9 Å². The molecule has 0 radical (unpaired) electrons. The minimum Gasteiger partial charge on any atom is -0.355 e. The molecule has 4 heteroatoms. The van der Waals surface area contributed by atoms with Crippen molar-refractivity contribution in [3.8, 4) is 0 Å². The molecule has 1 aliphatic heterocycles. The molecule has 0 aliphatic carbocycles. The van der Waals surface area contributed by atoms with E-state index >= 15 is 0 Å². The summed E-state index contributed by atoms with van der Waals surface area (Å²) in [7, 11) is 0. The first-order valence-electron chi connectivity index (χ1n) is 9.19. The van der Waals surface area contributed by atoms with Crippen LogP contribution in [0.1, 0.15) is 22.8 Å². The first-order valence-corrected chi connectivity index (χ1v) is 9.19. The maximum Gasteiger partial charge on any atom is 0.0479 e. The topological polar surface area (TPSA) is 63.2 Å². The monoisotopic (exact) mass is 364 g/mol. The van der Waals surface area contributed by atoms with E-state index in [1.807, 2.05) is 12.2 Å². The smallest absolute Gasteiger partial charge is 0.0479 e. The molecule has 0 amide bonds. The second kappa shape index (κ2) is 6.35. The van der Waals surface area contributed by atoms with E-state index in [1.165, 1.54) is 0 Å². The van der Waals surface area contributed by atoms with Gasteiger partial charge < -0.3 is 19.9 Å². The zero-order valence-corrected chi connectivity index (χ0v) is 15.3. The molecule has 0 spiro atoms. The molecule has 1 aliphatic rings. The van der Waals surface area contributed by atoms with Crippen LogP contribution in [0.5, 0.6) is 0 Å². The Bertz CT molecular complexity index is 1340. The summed E-state index contributed by atoms with van der Waals surface area (Å²) in [6.45, 7) is 8.02. The third kappa shape index (κ3) is 2.72. The largest absolute Gasteiger partial charge is 0.355 e. The highest BCUT2D eigenvalue weighted by molar-refractivity contribution is 5.73. The normalized spacial score (nSPS) is 13.0. The van der Waals surface area contributed by atoms with E-state index in [0.29, 0.717) is 0 Å². The van der Waals surface area contributed by atoms with Crippen LogP contribution in [0, 0.1) is 0 Å². The van der Waals surface area contributed by atoms with Gasteiger partial charge in [-0.15, -0.1) is 0 Å². The van der Waals surface area contributed by atoms with E-state index in [0.717, 1.165) is 55.3 Å². The van der Waals surface area contributed by atoms with Crippen LogP contribution in [0.25, 0.3) is 23.3 Å². The lowest BCUT2D eigenvalue weighted by molar-refractivity contribution is 1.21. The average molecular weight is 364 g/mol. The maximum atomic E-state index is 4.01. The summed E-state index contributed by atoms with van der Waals surface area (Å²) in [6, 6.07) is 16.6. The molecule has 4 nitrogen and oxygen atoms in total. The van der Waals surface area contributed by atoms with Crippen molar-refractivity contribution in [2.75, 3.05) is 0 Å². The fourth-order valence-corrected chi connectivity index (χ4v) is 3.68. The fraction of sp³-hybridized carbons (Fsp3) is 0. The van der Waals surface area contributed by atoms with Crippen molar-refractivity contribution in [2.45, 2.75) is 0 Å². The third-order valence-electron chi connectivity index (χ3n) is 5.03. The predicted octanol–water partition coefficient (Wildman–Crippen LogP) is 1.74. The van der Waals surface area contributed by atoms with Crippen LogP contribution in [0.3, 0.4) is 0 Å². The molecule has 4 aromatic rings. The van der Waals surface area contributed by atoms with Crippen LogP contribution in [0.4, 0.5) is 0 Å². The second-order valence-electron chi connectivity index (χ2n) is 6.83. The van der Waals surface area contributed by atoms with Gasteiger partial charge >= 0.3 is 0 Å². The molecule has 0 saturated heterocycles. The second-order valence-corrected chi connectivity index (χ2v) is 6.83. The molecule has 4 N–H and O–H groups in total. The van der Waals surface area contributed by atoms with Gasteiger partial charge in [-0.1, -0.05) is 25.3 Å². The van der Waals surface area contributed by atoms with Crippen LogP contribution in [-0.2, 0) is 0 Å². The molecule has 8 bridgehead atoms. The summed E-state index contributed by atoms with van der Waals surface area (Å²) >= 11 is 0. The number of rotatable bonds is 2. The number of fused-ring (bicyclic) bond motifs is 8. The van der Waals surface area contributed by atoms with Crippen molar-refractivity contribution in [2.24, 2.45) is 0 Å². The maximum absolute atomic E-state index is 4.01.